The summed E-state index contributed by atoms with van der Waals surface area (Å²) >= 11 is 0. The van der Waals surface area contributed by atoms with Crippen LogP contribution in [0.2, 0.25) is 0 Å². The molecular weight excluding hydrogens is 300 g/mol. The molecule has 9 nitrogen and oxygen atoms in total. The lowest BCUT2D eigenvalue weighted by Gasteiger charge is -2.28. The first kappa shape index (κ1) is 19.6. The van der Waals surface area contributed by atoms with E-state index < -0.39 is 61.9 Å². The molecule has 1 rings (SSSR count). The summed E-state index contributed by atoms with van der Waals surface area (Å²) in [5, 5.41) is 85.1. The van der Waals surface area contributed by atoms with Crippen molar-refractivity contribution in [3.8, 4) is 0 Å². The molecule has 0 unspecified atom stereocenters. The van der Waals surface area contributed by atoms with Crippen molar-refractivity contribution in [2.24, 2.45) is 5.92 Å². The predicted octanol–water partition coefficient (Wildman–Crippen LogP) is -4.52. The van der Waals surface area contributed by atoms with E-state index in [1.54, 1.807) is 0 Å². The summed E-state index contributed by atoms with van der Waals surface area (Å²) in [6.07, 6.45) is -11.2. The molecule has 0 aromatic carbocycles. The summed E-state index contributed by atoms with van der Waals surface area (Å²) < 4.78 is 0. The standard InChI is InChI=1S/C13H25O9/c14-3-6-5(1-7(16)10(6)19)2-8(17)11(20)13(22)12(21)9(18)4-15/h6-22H,1-4H2/q+1/t6-,7+,8+,9-,10+,11+,12-,13-/m0/s1. The van der Waals surface area contributed by atoms with Crippen molar-refractivity contribution in [2.75, 3.05) is 13.2 Å². The van der Waals surface area contributed by atoms with Gasteiger partial charge in [0.1, 0.15) is 61.5 Å². The first-order valence-corrected chi connectivity index (χ1v) is 7.07. The number of rotatable bonds is 8. The molecule has 0 saturated heterocycles. The Balaban J connectivity index is 2.62. The predicted molar refractivity (Wildman–Crippen MR) is 72.2 cm³/mol. The van der Waals surface area contributed by atoms with Gasteiger partial charge in [-0.3, -0.25) is 0 Å². The molecule has 130 valence electrons. The summed E-state index contributed by atoms with van der Waals surface area (Å²) in [4.78, 5) is 0. The Morgan fingerprint density at radius 2 is 1.41 bits per heavy atom. The third kappa shape index (κ3) is 4.28. The minimum absolute atomic E-state index is 0.0358. The summed E-state index contributed by atoms with van der Waals surface area (Å²) in [6, 6.07) is 0. The Labute approximate surface area is 127 Å². The number of aliphatic hydroxyl groups is 9. The van der Waals surface area contributed by atoms with Gasteiger partial charge >= 0.3 is 0 Å². The third-order valence-electron chi connectivity index (χ3n) is 4.15. The molecule has 1 aliphatic carbocycles. The summed E-state index contributed by atoms with van der Waals surface area (Å²) in [5.74, 6) is -0.319. The van der Waals surface area contributed by atoms with Crippen LogP contribution in [0.5, 0.6) is 0 Å². The number of aliphatic hydroxyl groups excluding tert-OH is 9. The van der Waals surface area contributed by atoms with E-state index in [4.69, 9.17) is 5.11 Å². The monoisotopic (exact) mass is 325 g/mol. The molecule has 9 heteroatoms. The largest absolute Gasteiger partial charge is 0.394 e. The second-order valence-electron chi connectivity index (χ2n) is 5.70. The fourth-order valence-corrected chi connectivity index (χ4v) is 2.68. The first-order chi connectivity index (χ1) is 10.2. The van der Waals surface area contributed by atoms with Crippen LogP contribution in [-0.4, -0.2) is 102 Å². The van der Waals surface area contributed by atoms with Crippen LogP contribution >= 0.6 is 0 Å². The fraction of sp³-hybridized carbons (Fsp3) is 0.923. The van der Waals surface area contributed by atoms with E-state index in [0.717, 1.165) is 0 Å². The van der Waals surface area contributed by atoms with Crippen LogP contribution in [0.25, 0.3) is 0 Å². The maximum atomic E-state index is 9.91. The number of hydrogen-bond donors (Lipinski definition) is 9. The molecule has 0 spiro atoms. The van der Waals surface area contributed by atoms with Gasteiger partial charge in [0.2, 0.25) is 0 Å². The van der Waals surface area contributed by atoms with Gasteiger partial charge in [-0.05, 0) is 0 Å². The van der Waals surface area contributed by atoms with Crippen molar-refractivity contribution in [1.82, 2.24) is 0 Å². The van der Waals surface area contributed by atoms with E-state index in [2.05, 4.69) is 0 Å². The van der Waals surface area contributed by atoms with Crippen LogP contribution < -0.4 is 0 Å². The Morgan fingerprint density at radius 3 is 1.91 bits per heavy atom. The zero-order valence-corrected chi connectivity index (χ0v) is 12.0. The lowest BCUT2D eigenvalue weighted by molar-refractivity contribution is -0.140. The van der Waals surface area contributed by atoms with E-state index in [0.29, 0.717) is 5.92 Å². The Kier molecular flexibility index (Phi) is 7.46. The molecule has 9 N–H and O–H groups in total. The molecular formula is C13H25O9+. The maximum absolute atomic E-state index is 9.91. The van der Waals surface area contributed by atoms with Gasteiger partial charge in [-0.25, -0.2) is 0 Å². The van der Waals surface area contributed by atoms with E-state index in [9.17, 15) is 40.9 Å². The molecule has 0 radical (unpaired) electrons. The highest BCUT2D eigenvalue weighted by molar-refractivity contribution is 5.11. The molecule has 1 fully saturated rings. The van der Waals surface area contributed by atoms with Crippen molar-refractivity contribution >= 4 is 0 Å². The second kappa shape index (κ2) is 8.39. The molecule has 0 amide bonds. The quantitative estimate of drug-likeness (QED) is 0.198. The summed E-state index contributed by atoms with van der Waals surface area (Å²) in [5.41, 5.74) is 0. The molecule has 8 atom stereocenters. The van der Waals surface area contributed by atoms with Gasteiger partial charge in [0.15, 0.2) is 5.92 Å². The molecule has 0 aliphatic heterocycles. The zero-order chi connectivity index (χ0) is 17.0. The molecule has 0 heterocycles. The van der Waals surface area contributed by atoms with Crippen molar-refractivity contribution in [3.05, 3.63) is 5.92 Å². The lowest BCUT2D eigenvalue weighted by Crippen LogP contribution is -2.50. The van der Waals surface area contributed by atoms with Crippen molar-refractivity contribution in [1.29, 1.82) is 0 Å². The molecule has 0 bridgehead atoms. The topological polar surface area (TPSA) is 182 Å². The SMILES string of the molecule is OC[C@H](O)[C@H](O)[C@@H](O)[C@H](O)[C@H](O)C[C+]1C[C@@H](O)[C@H](O)[C@H]1CO. The highest BCUT2D eigenvalue weighted by Crippen LogP contribution is 2.37. The molecule has 1 saturated carbocycles. The van der Waals surface area contributed by atoms with E-state index >= 15 is 0 Å². The Morgan fingerprint density at radius 1 is 0.864 bits per heavy atom. The van der Waals surface area contributed by atoms with Crippen molar-refractivity contribution in [2.45, 2.75) is 55.6 Å². The van der Waals surface area contributed by atoms with Crippen LogP contribution in [0.1, 0.15) is 12.8 Å². The summed E-state index contributed by atoms with van der Waals surface area (Å²) in [7, 11) is 0. The molecule has 22 heavy (non-hydrogen) atoms. The second-order valence-corrected chi connectivity index (χ2v) is 5.70. The van der Waals surface area contributed by atoms with Gasteiger partial charge in [0, 0.05) is 0 Å². The van der Waals surface area contributed by atoms with E-state index in [1.807, 2.05) is 0 Å². The van der Waals surface area contributed by atoms with E-state index in [1.165, 1.54) is 0 Å². The number of hydrogen-bond acceptors (Lipinski definition) is 9. The third-order valence-corrected chi connectivity index (χ3v) is 4.15. The van der Waals surface area contributed by atoms with Crippen molar-refractivity contribution in [3.63, 3.8) is 0 Å². The van der Waals surface area contributed by atoms with Gasteiger partial charge in [-0.2, -0.15) is 0 Å². The average Bonchev–Trinajstić information content (AvgIpc) is 2.77. The molecule has 1 aliphatic rings. The van der Waals surface area contributed by atoms with E-state index in [-0.39, 0.29) is 12.8 Å². The van der Waals surface area contributed by atoms with Gasteiger partial charge in [0.25, 0.3) is 0 Å². The van der Waals surface area contributed by atoms with Crippen LogP contribution in [0, 0.1) is 11.8 Å². The highest BCUT2D eigenvalue weighted by Gasteiger charge is 2.52. The Bertz CT molecular complexity index is 329. The minimum atomic E-state index is -1.90. The van der Waals surface area contributed by atoms with Crippen LogP contribution in [0.4, 0.5) is 0 Å². The van der Waals surface area contributed by atoms with Gasteiger partial charge in [-0.15, -0.1) is 0 Å². The summed E-state index contributed by atoms with van der Waals surface area (Å²) in [6.45, 7) is -1.27. The smallest absolute Gasteiger partial charge is 0.152 e. The van der Waals surface area contributed by atoms with Crippen LogP contribution in [0.15, 0.2) is 0 Å². The van der Waals surface area contributed by atoms with Gasteiger partial charge in [0.05, 0.1) is 13.2 Å². The average molecular weight is 325 g/mol. The molecule has 0 aromatic rings. The van der Waals surface area contributed by atoms with Crippen molar-refractivity contribution < 1.29 is 46.0 Å². The fourth-order valence-electron chi connectivity index (χ4n) is 2.68. The molecule has 0 aromatic heterocycles. The van der Waals surface area contributed by atoms with Gasteiger partial charge < -0.3 is 46.0 Å². The highest BCUT2D eigenvalue weighted by atomic mass is 16.4. The minimum Gasteiger partial charge on any atom is -0.394 e. The lowest BCUT2D eigenvalue weighted by atomic mass is 9.87. The van der Waals surface area contributed by atoms with Crippen LogP contribution in [0.3, 0.4) is 0 Å². The normalized spacial score (nSPS) is 32.6. The Hall–Kier alpha value is -0.490. The van der Waals surface area contributed by atoms with Crippen LogP contribution in [-0.2, 0) is 0 Å². The maximum Gasteiger partial charge on any atom is 0.152 e. The first-order valence-electron chi connectivity index (χ1n) is 7.07. The zero-order valence-electron chi connectivity index (χ0n) is 12.0. The van der Waals surface area contributed by atoms with Gasteiger partial charge in [-0.1, -0.05) is 0 Å².